The number of unbranched alkanes of at least 4 members (excludes halogenated alkanes) is 1. The van der Waals surface area contributed by atoms with Crippen molar-refractivity contribution in [2.45, 2.75) is 31.1 Å². The average molecular weight is 352 g/mol. The minimum atomic E-state index is 0.911. The molecule has 2 aliphatic rings. The topological polar surface area (TPSA) is 28.0 Å². The second-order valence-electron chi connectivity index (χ2n) is 4.97. The molecule has 0 aromatic heterocycles. The van der Waals surface area contributed by atoms with Crippen LogP contribution in [0.4, 0.5) is 0 Å². The van der Waals surface area contributed by atoms with Crippen LogP contribution in [0.15, 0.2) is 37.6 Å². The van der Waals surface area contributed by atoms with Gasteiger partial charge in [0, 0.05) is 34.6 Å². The highest BCUT2D eigenvalue weighted by Gasteiger charge is 2.29. The van der Waals surface area contributed by atoms with E-state index >= 15 is 0 Å². The summed E-state index contributed by atoms with van der Waals surface area (Å²) in [5, 5.41) is 1.12. The van der Waals surface area contributed by atoms with E-state index in [2.05, 4.69) is 46.0 Å². The summed E-state index contributed by atoms with van der Waals surface area (Å²) in [5.41, 5.74) is 1.23. The fraction of sp³-hybridized carbons (Fsp3) is 0.467. The van der Waals surface area contributed by atoms with Crippen molar-refractivity contribution in [3.63, 3.8) is 0 Å². The predicted molar refractivity (Wildman–Crippen MR) is 89.9 cm³/mol. The lowest BCUT2D eigenvalue weighted by molar-refractivity contribution is 0.551. The van der Waals surface area contributed by atoms with Gasteiger partial charge in [-0.05, 0) is 31.0 Å². The van der Waals surface area contributed by atoms with Crippen molar-refractivity contribution in [2.24, 2.45) is 9.98 Å². The van der Waals surface area contributed by atoms with Gasteiger partial charge in [0.05, 0.1) is 0 Å². The molecule has 3 rings (SSSR count). The molecule has 0 atom stereocenters. The molecule has 1 aromatic carbocycles. The Labute approximate surface area is 132 Å². The standard InChI is InChI=1S/C15H18BrN3S/c1-2-3-7-18-15-19-9-4-8-17-14(19)12-10-11(16)5-6-13(12)20-15/h5-6,10H,2-4,7-9H2,1H3. The molecule has 106 valence electrons. The van der Waals surface area contributed by atoms with Crippen LogP contribution in [0.3, 0.4) is 0 Å². The Kier molecular flexibility index (Phi) is 4.46. The zero-order chi connectivity index (χ0) is 13.9. The van der Waals surface area contributed by atoms with E-state index in [0.717, 1.165) is 48.0 Å². The normalized spacial score (nSPS) is 19.6. The molecule has 0 aliphatic carbocycles. The van der Waals surface area contributed by atoms with Crippen LogP contribution in [0, 0.1) is 0 Å². The summed E-state index contributed by atoms with van der Waals surface area (Å²) in [5.74, 6) is 1.10. The molecule has 20 heavy (non-hydrogen) atoms. The number of hydrogen-bond donors (Lipinski definition) is 0. The number of nitrogens with zero attached hydrogens (tertiary/aromatic N) is 3. The number of fused-ring (bicyclic) bond motifs is 3. The van der Waals surface area contributed by atoms with E-state index in [0.29, 0.717) is 0 Å². The lowest BCUT2D eigenvalue weighted by Gasteiger charge is -2.34. The van der Waals surface area contributed by atoms with Crippen LogP contribution in [-0.4, -0.2) is 35.5 Å². The van der Waals surface area contributed by atoms with Crippen LogP contribution in [0.2, 0.25) is 0 Å². The maximum Gasteiger partial charge on any atom is 0.169 e. The third-order valence-corrected chi connectivity index (χ3v) is 5.03. The quantitative estimate of drug-likeness (QED) is 0.764. The number of hydrogen-bond acceptors (Lipinski definition) is 3. The van der Waals surface area contributed by atoms with Crippen molar-refractivity contribution in [3.8, 4) is 0 Å². The van der Waals surface area contributed by atoms with Gasteiger partial charge in [-0.25, -0.2) is 0 Å². The van der Waals surface area contributed by atoms with Gasteiger partial charge < -0.3 is 4.90 Å². The molecule has 0 saturated carbocycles. The van der Waals surface area contributed by atoms with Crippen molar-refractivity contribution in [1.29, 1.82) is 0 Å². The Hall–Kier alpha value is -0.810. The SMILES string of the molecule is CCCCN=C1Sc2ccc(Br)cc2C2=NCCCN12. The Balaban J connectivity index is 1.98. The zero-order valence-corrected chi connectivity index (χ0v) is 14.0. The van der Waals surface area contributed by atoms with Gasteiger partial charge in [0.25, 0.3) is 0 Å². The molecule has 2 heterocycles. The molecule has 0 amide bonds. The van der Waals surface area contributed by atoms with E-state index in [1.54, 1.807) is 11.8 Å². The minimum Gasteiger partial charge on any atom is -0.305 e. The summed E-state index contributed by atoms with van der Waals surface area (Å²) < 4.78 is 1.11. The van der Waals surface area contributed by atoms with Crippen LogP contribution in [0.25, 0.3) is 0 Å². The lowest BCUT2D eigenvalue weighted by Crippen LogP contribution is -2.42. The smallest absolute Gasteiger partial charge is 0.169 e. The van der Waals surface area contributed by atoms with Gasteiger partial charge in [0.1, 0.15) is 5.84 Å². The molecule has 3 nitrogen and oxygen atoms in total. The molecule has 5 heteroatoms. The van der Waals surface area contributed by atoms with Gasteiger partial charge in [-0.2, -0.15) is 0 Å². The number of aliphatic imine (C=N–C) groups is 2. The highest BCUT2D eigenvalue weighted by atomic mass is 79.9. The van der Waals surface area contributed by atoms with Gasteiger partial charge in [-0.15, -0.1) is 0 Å². The van der Waals surface area contributed by atoms with Gasteiger partial charge in [0.2, 0.25) is 0 Å². The molecule has 0 radical (unpaired) electrons. The number of thioether (sulfide) groups is 1. The van der Waals surface area contributed by atoms with Crippen molar-refractivity contribution >= 4 is 38.7 Å². The van der Waals surface area contributed by atoms with Gasteiger partial charge in [-0.3, -0.25) is 9.98 Å². The maximum absolute atomic E-state index is 4.79. The van der Waals surface area contributed by atoms with E-state index in [9.17, 15) is 0 Å². The fourth-order valence-electron chi connectivity index (χ4n) is 2.39. The van der Waals surface area contributed by atoms with E-state index < -0.39 is 0 Å². The second kappa shape index (κ2) is 6.31. The van der Waals surface area contributed by atoms with E-state index in [1.807, 2.05) is 0 Å². The van der Waals surface area contributed by atoms with Gasteiger partial charge >= 0.3 is 0 Å². The molecule has 0 fully saturated rings. The summed E-state index contributed by atoms with van der Waals surface area (Å²) in [6, 6.07) is 6.42. The first-order chi connectivity index (χ1) is 9.79. The Morgan fingerprint density at radius 3 is 3.20 bits per heavy atom. The molecule has 0 N–H and O–H groups in total. The Morgan fingerprint density at radius 1 is 1.45 bits per heavy atom. The molecule has 0 saturated heterocycles. The third-order valence-electron chi connectivity index (χ3n) is 3.43. The summed E-state index contributed by atoms with van der Waals surface area (Å²) >= 11 is 5.34. The largest absolute Gasteiger partial charge is 0.305 e. The van der Waals surface area contributed by atoms with Gasteiger partial charge in [0.15, 0.2) is 5.17 Å². The molecule has 0 unspecified atom stereocenters. The fourth-order valence-corrected chi connectivity index (χ4v) is 3.79. The Bertz CT molecular complexity index is 568. The van der Waals surface area contributed by atoms with Crippen LogP contribution >= 0.6 is 27.7 Å². The lowest BCUT2D eigenvalue weighted by atomic mass is 10.1. The highest BCUT2D eigenvalue weighted by Crippen LogP contribution is 2.35. The van der Waals surface area contributed by atoms with Crippen LogP contribution < -0.4 is 0 Å². The van der Waals surface area contributed by atoms with Crippen molar-refractivity contribution in [1.82, 2.24) is 4.90 Å². The first kappa shape index (κ1) is 14.1. The van der Waals surface area contributed by atoms with Crippen molar-refractivity contribution in [3.05, 3.63) is 28.2 Å². The van der Waals surface area contributed by atoms with E-state index in [1.165, 1.54) is 16.9 Å². The third kappa shape index (κ3) is 2.79. The summed E-state index contributed by atoms with van der Waals surface area (Å²) in [7, 11) is 0. The molecular formula is C15H18BrN3S. The first-order valence-electron chi connectivity index (χ1n) is 7.14. The minimum absolute atomic E-state index is 0.911. The second-order valence-corrected chi connectivity index (χ2v) is 6.90. The highest BCUT2D eigenvalue weighted by molar-refractivity contribution is 9.10. The van der Waals surface area contributed by atoms with Gasteiger partial charge in [-0.1, -0.05) is 41.0 Å². The molecule has 0 spiro atoms. The average Bonchev–Trinajstić information content (AvgIpc) is 2.48. The molecule has 1 aromatic rings. The number of benzene rings is 1. The summed E-state index contributed by atoms with van der Waals surface area (Å²) in [6.07, 6.45) is 3.45. The van der Waals surface area contributed by atoms with E-state index in [4.69, 9.17) is 9.98 Å². The van der Waals surface area contributed by atoms with E-state index in [-0.39, 0.29) is 0 Å². The summed E-state index contributed by atoms with van der Waals surface area (Å²) in [4.78, 5) is 13.1. The molecule has 2 aliphatic heterocycles. The number of halogens is 1. The van der Waals surface area contributed by atoms with Crippen LogP contribution in [0.5, 0.6) is 0 Å². The van der Waals surface area contributed by atoms with Crippen molar-refractivity contribution < 1.29 is 0 Å². The maximum atomic E-state index is 4.79. The zero-order valence-electron chi connectivity index (χ0n) is 11.6. The number of rotatable bonds is 3. The molecular weight excluding hydrogens is 334 g/mol. The molecule has 0 bridgehead atoms. The predicted octanol–water partition coefficient (Wildman–Crippen LogP) is 4.16. The Morgan fingerprint density at radius 2 is 2.35 bits per heavy atom. The monoisotopic (exact) mass is 351 g/mol. The van der Waals surface area contributed by atoms with Crippen molar-refractivity contribution in [2.75, 3.05) is 19.6 Å². The van der Waals surface area contributed by atoms with Crippen LogP contribution in [0.1, 0.15) is 31.7 Å². The summed E-state index contributed by atoms with van der Waals surface area (Å²) in [6.45, 7) is 5.07. The first-order valence-corrected chi connectivity index (χ1v) is 8.74. The number of amidine groups is 2. The van der Waals surface area contributed by atoms with Crippen LogP contribution in [-0.2, 0) is 0 Å².